The summed E-state index contributed by atoms with van der Waals surface area (Å²) in [5.41, 5.74) is 9.24. The number of nitrogens with two attached hydrogens (primary N) is 1. The molecule has 0 saturated carbocycles. The second-order valence-electron chi connectivity index (χ2n) is 5.06. The fourth-order valence-electron chi connectivity index (χ4n) is 2.56. The van der Waals surface area contributed by atoms with Crippen molar-refractivity contribution >= 4 is 5.82 Å². The van der Waals surface area contributed by atoms with E-state index in [4.69, 9.17) is 15.0 Å². The predicted molar refractivity (Wildman–Crippen MR) is 73.9 cm³/mol. The fraction of sp³-hybridized carbons (Fsp3) is 0.400. The Kier molecular flexibility index (Phi) is 3.25. The molecule has 1 saturated heterocycles. The van der Waals surface area contributed by atoms with Crippen molar-refractivity contribution in [2.45, 2.75) is 25.7 Å². The van der Waals surface area contributed by atoms with E-state index >= 15 is 0 Å². The molecule has 2 N–H and O–H groups in total. The molecule has 4 heteroatoms. The highest BCUT2D eigenvalue weighted by atomic mass is 16.5. The summed E-state index contributed by atoms with van der Waals surface area (Å²) in [5, 5.41) is 3.95. The third kappa shape index (κ3) is 2.36. The topological polar surface area (TPSA) is 61.3 Å². The summed E-state index contributed by atoms with van der Waals surface area (Å²) < 4.78 is 10.9. The largest absolute Gasteiger partial charge is 0.381 e. The van der Waals surface area contributed by atoms with Gasteiger partial charge in [-0.2, -0.15) is 0 Å². The molecular weight excluding hydrogens is 240 g/mol. The highest BCUT2D eigenvalue weighted by Gasteiger charge is 2.25. The van der Waals surface area contributed by atoms with E-state index in [1.807, 2.05) is 0 Å². The third-order valence-corrected chi connectivity index (χ3v) is 3.68. The van der Waals surface area contributed by atoms with Gasteiger partial charge in [0.15, 0.2) is 5.82 Å². The van der Waals surface area contributed by atoms with E-state index in [1.165, 1.54) is 5.56 Å². The summed E-state index contributed by atoms with van der Waals surface area (Å²) in [6.45, 7) is 3.62. The zero-order valence-corrected chi connectivity index (χ0v) is 11.1. The molecule has 3 rings (SSSR count). The van der Waals surface area contributed by atoms with Gasteiger partial charge in [0, 0.05) is 19.1 Å². The minimum atomic E-state index is 0.356. The number of aromatic nitrogens is 1. The number of nitrogen functional groups attached to an aromatic ring is 1. The van der Waals surface area contributed by atoms with Crippen molar-refractivity contribution in [3.63, 3.8) is 0 Å². The zero-order chi connectivity index (χ0) is 13.2. The SMILES string of the molecule is Cc1ccc(-c2c(N)noc2C2CCOCC2)cc1. The molecule has 1 aromatic carbocycles. The third-order valence-electron chi connectivity index (χ3n) is 3.68. The molecule has 1 aliphatic rings. The van der Waals surface area contributed by atoms with Gasteiger partial charge in [0.05, 0.1) is 5.56 Å². The lowest BCUT2D eigenvalue weighted by atomic mass is 9.92. The summed E-state index contributed by atoms with van der Waals surface area (Å²) in [6, 6.07) is 8.30. The number of aryl methyl sites for hydroxylation is 1. The molecule has 0 spiro atoms. The lowest BCUT2D eigenvalue weighted by Crippen LogP contribution is -2.14. The van der Waals surface area contributed by atoms with E-state index in [1.54, 1.807) is 0 Å². The molecule has 0 amide bonds. The molecule has 1 fully saturated rings. The number of rotatable bonds is 2. The van der Waals surface area contributed by atoms with Crippen molar-refractivity contribution in [2.24, 2.45) is 0 Å². The number of ether oxygens (including phenoxy) is 1. The van der Waals surface area contributed by atoms with Gasteiger partial charge < -0.3 is 15.0 Å². The van der Waals surface area contributed by atoms with Crippen molar-refractivity contribution in [1.29, 1.82) is 0 Å². The standard InChI is InChI=1S/C15H18N2O2/c1-10-2-4-11(5-3-10)13-14(19-17-15(13)16)12-6-8-18-9-7-12/h2-5,12H,6-9H2,1H3,(H2,16,17). The van der Waals surface area contributed by atoms with Crippen LogP contribution in [0.3, 0.4) is 0 Å². The van der Waals surface area contributed by atoms with Crippen LogP contribution in [0.15, 0.2) is 28.8 Å². The Morgan fingerprint density at radius 2 is 1.84 bits per heavy atom. The van der Waals surface area contributed by atoms with Crippen molar-refractivity contribution in [2.75, 3.05) is 18.9 Å². The summed E-state index contributed by atoms with van der Waals surface area (Å²) >= 11 is 0. The summed E-state index contributed by atoms with van der Waals surface area (Å²) in [7, 11) is 0. The first kappa shape index (κ1) is 12.2. The molecule has 2 aromatic rings. The van der Waals surface area contributed by atoms with Crippen LogP contribution in [0, 0.1) is 6.92 Å². The molecule has 0 radical (unpaired) electrons. The van der Waals surface area contributed by atoms with Crippen LogP contribution in [0.1, 0.15) is 30.1 Å². The van der Waals surface area contributed by atoms with Crippen LogP contribution in [0.5, 0.6) is 0 Å². The Bertz CT molecular complexity index is 554. The van der Waals surface area contributed by atoms with Crippen LogP contribution in [0.25, 0.3) is 11.1 Å². The number of hydrogen-bond donors (Lipinski definition) is 1. The van der Waals surface area contributed by atoms with Crippen molar-refractivity contribution in [3.05, 3.63) is 35.6 Å². The first-order valence-corrected chi connectivity index (χ1v) is 6.65. The van der Waals surface area contributed by atoms with Gasteiger partial charge in [0.2, 0.25) is 0 Å². The van der Waals surface area contributed by atoms with Crippen molar-refractivity contribution in [3.8, 4) is 11.1 Å². The van der Waals surface area contributed by atoms with Gasteiger partial charge in [-0.25, -0.2) is 0 Å². The van der Waals surface area contributed by atoms with Gasteiger partial charge in [0.25, 0.3) is 0 Å². The molecular formula is C15H18N2O2. The van der Waals surface area contributed by atoms with Crippen LogP contribution in [0.4, 0.5) is 5.82 Å². The quantitative estimate of drug-likeness (QED) is 0.899. The van der Waals surface area contributed by atoms with Gasteiger partial charge >= 0.3 is 0 Å². The highest BCUT2D eigenvalue weighted by molar-refractivity contribution is 5.76. The molecule has 0 bridgehead atoms. The average Bonchev–Trinajstić information content (AvgIpc) is 2.83. The monoisotopic (exact) mass is 258 g/mol. The Morgan fingerprint density at radius 1 is 1.16 bits per heavy atom. The maximum Gasteiger partial charge on any atom is 0.175 e. The van der Waals surface area contributed by atoms with Gasteiger partial charge in [-0.05, 0) is 25.3 Å². The lowest BCUT2D eigenvalue weighted by Gasteiger charge is -2.20. The summed E-state index contributed by atoms with van der Waals surface area (Å²) in [4.78, 5) is 0. The second kappa shape index (κ2) is 5.05. The maximum absolute atomic E-state index is 5.98. The minimum Gasteiger partial charge on any atom is -0.381 e. The van der Waals surface area contributed by atoms with Crippen molar-refractivity contribution in [1.82, 2.24) is 5.16 Å². The number of nitrogens with zero attached hydrogens (tertiary/aromatic N) is 1. The van der Waals surface area contributed by atoms with Crippen LogP contribution in [-0.4, -0.2) is 18.4 Å². The van der Waals surface area contributed by atoms with Gasteiger partial charge in [-0.3, -0.25) is 0 Å². The molecule has 0 aliphatic carbocycles. The molecule has 2 heterocycles. The van der Waals surface area contributed by atoms with Gasteiger partial charge in [0.1, 0.15) is 5.76 Å². The Hall–Kier alpha value is -1.81. The maximum atomic E-state index is 5.98. The summed E-state index contributed by atoms with van der Waals surface area (Å²) in [6.07, 6.45) is 1.93. The number of benzene rings is 1. The van der Waals surface area contributed by atoms with E-state index in [-0.39, 0.29) is 0 Å². The van der Waals surface area contributed by atoms with Crippen LogP contribution < -0.4 is 5.73 Å². The highest BCUT2D eigenvalue weighted by Crippen LogP contribution is 2.38. The molecule has 0 unspecified atom stereocenters. The van der Waals surface area contributed by atoms with Gasteiger partial charge in [-0.15, -0.1) is 0 Å². The first-order valence-electron chi connectivity index (χ1n) is 6.65. The molecule has 1 aromatic heterocycles. The smallest absolute Gasteiger partial charge is 0.175 e. The Labute approximate surface area is 112 Å². The zero-order valence-electron chi connectivity index (χ0n) is 11.1. The van der Waals surface area contributed by atoms with Crippen LogP contribution in [0.2, 0.25) is 0 Å². The lowest BCUT2D eigenvalue weighted by molar-refractivity contribution is 0.0792. The van der Waals surface area contributed by atoms with Crippen LogP contribution in [-0.2, 0) is 4.74 Å². The van der Waals surface area contributed by atoms with E-state index in [0.717, 1.165) is 42.9 Å². The Morgan fingerprint density at radius 3 is 2.53 bits per heavy atom. The minimum absolute atomic E-state index is 0.356. The van der Waals surface area contributed by atoms with Gasteiger partial charge in [-0.1, -0.05) is 35.0 Å². The van der Waals surface area contributed by atoms with E-state index < -0.39 is 0 Å². The second-order valence-corrected chi connectivity index (χ2v) is 5.06. The fourth-order valence-corrected chi connectivity index (χ4v) is 2.56. The van der Waals surface area contributed by atoms with E-state index in [0.29, 0.717) is 11.7 Å². The molecule has 100 valence electrons. The predicted octanol–water partition coefficient (Wildman–Crippen LogP) is 3.13. The number of hydrogen-bond acceptors (Lipinski definition) is 4. The van der Waals surface area contributed by atoms with Crippen molar-refractivity contribution < 1.29 is 9.26 Å². The normalized spacial score (nSPS) is 16.7. The molecule has 19 heavy (non-hydrogen) atoms. The average molecular weight is 258 g/mol. The molecule has 4 nitrogen and oxygen atoms in total. The van der Waals surface area contributed by atoms with E-state index in [2.05, 4.69) is 36.3 Å². The number of anilines is 1. The van der Waals surface area contributed by atoms with Crippen LogP contribution >= 0.6 is 0 Å². The molecule has 0 atom stereocenters. The molecule has 1 aliphatic heterocycles. The first-order chi connectivity index (χ1) is 9.25. The van der Waals surface area contributed by atoms with E-state index in [9.17, 15) is 0 Å². The summed E-state index contributed by atoms with van der Waals surface area (Å²) in [5.74, 6) is 1.74. The Balaban J connectivity index is 2.00.